The first-order valence-corrected chi connectivity index (χ1v) is 12.2. The van der Waals surface area contributed by atoms with Gasteiger partial charge >= 0.3 is 6.09 Å². The molecule has 0 radical (unpaired) electrons. The largest absolute Gasteiger partial charge is 0.445 e. The molecule has 1 N–H and O–H groups in total. The van der Waals surface area contributed by atoms with Gasteiger partial charge in [0.15, 0.2) is 5.12 Å². The molecule has 35 heavy (non-hydrogen) atoms. The topological polar surface area (TPSA) is 132 Å². The average molecular weight is 501 g/mol. The van der Waals surface area contributed by atoms with Crippen molar-refractivity contribution in [3.05, 3.63) is 70.0 Å². The number of amides is 2. The van der Waals surface area contributed by atoms with Crippen molar-refractivity contribution in [1.82, 2.24) is 15.2 Å². The Morgan fingerprint density at radius 3 is 2.51 bits per heavy atom. The van der Waals surface area contributed by atoms with E-state index in [1.165, 1.54) is 41.7 Å². The summed E-state index contributed by atoms with van der Waals surface area (Å²) in [6.45, 7) is 2.08. The molecule has 10 nitrogen and oxygen atoms in total. The summed E-state index contributed by atoms with van der Waals surface area (Å²) in [5, 5.41) is 13.4. The smallest absolute Gasteiger partial charge is 0.410 e. The van der Waals surface area contributed by atoms with Crippen molar-refractivity contribution in [3.8, 4) is 0 Å². The number of hydrogen-bond donors (Lipinski definition) is 1. The predicted octanol–water partition coefficient (Wildman–Crippen LogP) is 3.49. The van der Waals surface area contributed by atoms with Gasteiger partial charge in [0.25, 0.3) is 5.69 Å². The van der Waals surface area contributed by atoms with Crippen LogP contribution < -0.4 is 5.32 Å². The number of unbranched alkanes of at least 4 members (excludes halogenated alkanes) is 1. The number of nitrogens with one attached hydrogen (secondary N) is 1. The molecule has 186 valence electrons. The second kappa shape index (κ2) is 12.8. The average Bonchev–Trinajstić information content (AvgIpc) is 3.26. The molecule has 0 aliphatic carbocycles. The highest BCUT2D eigenvalue weighted by atomic mass is 32.2. The molecule has 1 fully saturated rings. The highest BCUT2D eigenvalue weighted by Crippen LogP contribution is 2.29. The van der Waals surface area contributed by atoms with Gasteiger partial charge in [-0.15, -0.1) is 0 Å². The number of likely N-dealkylation sites (tertiary alicyclic amines) is 1. The number of carbonyl (C=O) groups is 3. The standard InChI is InChI=1S/C24H28N4O6S/c1-17(29)35-21-14-22(23(30)26-11-3-2-4-18-9-12-25-13-10-18)27(15-21)24(31)34-16-19-5-7-20(8-6-19)28(32)33/h5-10,12-13,21-22H,2-4,11,14-16H2,1H3,(H,26,30)/t21-,22-/m0/s1. The lowest BCUT2D eigenvalue weighted by Gasteiger charge is -2.23. The maximum atomic E-state index is 12.9. The van der Waals surface area contributed by atoms with Crippen LogP contribution in [-0.4, -0.2) is 56.3 Å². The van der Waals surface area contributed by atoms with E-state index < -0.39 is 17.1 Å². The molecule has 0 saturated carbocycles. The van der Waals surface area contributed by atoms with Gasteiger partial charge < -0.3 is 10.1 Å². The monoisotopic (exact) mass is 500 g/mol. The summed E-state index contributed by atoms with van der Waals surface area (Å²) in [7, 11) is 0. The summed E-state index contributed by atoms with van der Waals surface area (Å²) in [6.07, 6.45) is 5.78. The Morgan fingerprint density at radius 1 is 1.14 bits per heavy atom. The molecular formula is C24H28N4O6S. The van der Waals surface area contributed by atoms with E-state index in [1.54, 1.807) is 12.4 Å². The summed E-state index contributed by atoms with van der Waals surface area (Å²) in [4.78, 5) is 52.9. The fourth-order valence-electron chi connectivity index (χ4n) is 3.84. The first-order chi connectivity index (χ1) is 16.8. The molecule has 1 aromatic heterocycles. The van der Waals surface area contributed by atoms with Crippen LogP contribution in [0.2, 0.25) is 0 Å². The van der Waals surface area contributed by atoms with Gasteiger partial charge in [0.2, 0.25) is 5.91 Å². The van der Waals surface area contributed by atoms with E-state index in [0.29, 0.717) is 18.5 Å². The highest BCUT2D eigenvalue weighted by Gasteiger charge is 2.41. The minimum Gasteiger partial charge on any atom is -0.445 e. The van der Waals surface area contributed by atoms with Gasteiger partial charge in [-0.25, -0.2) is 4.79 Å². The number of pyridine rings is 1. The number of ether oxygens (including phenoxy) is 1. The number of non-ortho nitro benzene ring substituents is 1. The maximum absolute atomic E-state index is 12.9. The van der Waals surface area contributed by atoms with Crippen LogP contribution >= 0.6 is 11.8 Å². The molecule has 1 aliphatic heterocycles. The Labute approximate surface area is 207 Å². The van der Waals surface area contributed by atoms with Crippen molar-refractivity contribution < 1.29 is 24.0 Å². The maximum Gasteiger partial charge on any atom is 0.410 e. The van der Waals surface area contributed by atoms with Crippen molar-refractivity contribution in [3.63, 3.8) is 0 Å². The van der Waals surface area contributed by atoms with E-state index in [9.17, 15) is 24.5 Å². The lowest BCUT2D eigenvalue weighted by molar-refractivity contribution is -0.384. The third-order valence-electron chi connectivity index (χ3n) is 5.58. The van der Waals surface area contributed by atoms with E-state index in [0.717, 1.165) is 31.0 Å². The summed E-state index contributed by atoms with van der Waals surface area (Å²) in [6, 6.07) is 8.90. The van der Waals surface area contributed by atoms with Crippen LogP contribution in [0.4, 0.5) is 10.5 Å². The Bertz CT molecular complexity index is 1030. The van der Waals surface area contributed by atoms with Gasteiger partial charge in [0, 0.05) is 49.8 Å². The van der Waals surface area contributed by atoms with Crippen molar-refractivity contribution in [2.45, 2.75) is 50.5 Å². The first-order valence-electron chi connectivity index (χ1n) is 11.3. The van der Waals surface area contributed by atoms with Crippen LogP contribution in [0, 0.1) is 10.1 Å². The Kier molecular flexibility index (Phi) is 9.59. The zero-order valence-corrected chi connectivity index (χ0v) is 20.2. The molecule has 2 aromatic rings. The first kappa shape index (κ1) is 26.1. The number of rotatable bonds is 10. The van der Waals surface area contributed by atoms with Crippen molar-refractivity contribution in [2.75, 3.05) is 13.1 Å². The van der Waals surface area contributed by atoms with Crippen molar-refractivity contribution in [2.24, 2.45) is 0 Å². The van der Waals surface area contributed by atoms with E-state index in [-0.39, 0.29) is 35.1 Å². The van der Waals surface area contributed by atoms with E-state index in [2.05, 4.69) is 10.3 Å². The molecule has 2 heterocycles. The number of aromatic nitrogens is 1. The van der Waals surface area contributed by atoms with Gasteiger partial charge in [-0.05, 0) is 61.1 Å². The van der Waals surface area contributed by atoms with Gasteiger partial charge in [0.05, 0.1) is 4.92 Å². The van der Waals surface area contributed by atoms with Crippen molar-refractivity contribution >= 4 is 34.6 Å². The van der Waals surface area contributed by atoms with Crippen LogP contribution in [0.5, 0.6) is 0 Å². The van der Waals surface area contributed by atoms with E-state index in [1.807, 2.05) is 12.1 Å². The normalized spacial score (nSPS) is 17.1. The van der Waals surface area contributed by atoms with Gasteiger partial charge in [0.1, 0.15) is 12.6 Å². The molecule has 2 amide bonds. The molecular weight excluding hydrogens is 472 g/mol. The molecule has 11 heteroatoms. The molecule has 0 bridgehead atoms. The lowest BCUT2D eigenvalue weighted by atomic mass is 10.1. The number of nitro benzene ring substituents is 1. The third kappa shape index (κ3) is 8.06. The third-order valence-corrected chi connectivity index (χ3v) is 6.59. The number of carbonyl (C=O) groups excluding carboxylic acids is 3. The number of nitro groups is 1. The van der Waals surface area contributed by atoms with Gasteiger partial charge in [-0.1, -0.05) is 11.8 Å². The second-order valence-electron chi connectivity index (χ2n) is 8.22. The summed E-state index contributed by atoms with van der Waals surface area (Å²) >= 11 is 1.12. The number of thioether (sulfide) groups is 1. The minimum atomic E-state index is -0.726. The van der Waals surface area contributed by atoms with Gasteiger partial charge in [-0.3, -0.25) is 29.6 Å². The van der Waals surface area contributed by atoms with Crippen molar-refractivity contribution in [1.29, 1.82) is 0 Å². The zero-order valence-electron chi connectivity index (χ0n) is 19.4. The zero-order chi connectivity index (χ0) is 25.2. The quantitative estimate of drug-likeness (QED) is 0.298. The number of nitrogens with zero attached hydrogens (tertiary/aromatic N) is 3. The van der Waals surface area contributed by atoms with Gasteiger partial charge in [-0.2, -0.15) is 0 Å². The summed E-state index contributed by atoms with van der Waals surface area (Å²) < 4.78 is 5.38. The highest BCUT2D eigenvalue weighted by molar-refractivity contribution is 8.14. The molecule has 0 unspecified atom stereocenters. The van der Waals surface area contributed by atoms with Crippen LogP contribution in [-0.2, 0) is 27.4 Å². The van der Waals surface area contributed by atoms with E-state index >= 15 is 0 Å². The summed E-state index contributed by atoms with van der Waals surface area (Å²) in [5.74, 6) is -0.271. The molecule has 1 aromatic carbocycles. The SMILES string of the molecule is CC(=O)S[C@H]1C[C@@H](C(=O)NCCCCc2ccncc2)N(C(=O)OCc2ccc([N+](=O)[O-])cc2)C1. The molecule has 1 aliphatic rings. The molecule has 3 rings (SSSR count). The molecule has 2 atom stereocenters. The van der Waals surface area contributed by atoms with Crippen LogP contribution in [0.15, 0.2) is 48.8 Å². The van der Waals surface area contributed by atoms with Crippen LogP contribution in [0.25, 0.3) is 0 Å². The Balaban J connectivity index is 1.52. The summed E-state index contributed by atoms with van der Waals surface area (Å²) in [5.41, 5.74) is 1.72. The minimum absolute atomic E-state index is 0.0544. The number of aryl methyl sites for hydroxylation is 1. The fraction of sp³-hybridized carbons (Fsp3) is 0.417. The fourth-order valence-corrected chi connectivity index (χ4v) is 4.83. The van der Waals surface area contributed by atoms with E-state index in [4.69, 9.17) is 4.74 Å². The van der Waals surface area contributed by atoms with Crippen LogP contribution in [0.1, 0.15) is 37.3 Å². The Morgan fingerprint density at radius 2 is 1.86 bits per heavy atom. The predicted molar refractivity (Wildman–Crippen MR) is 131 cm³/mol. The Hall–Kier alpha value is -3.47. The lowest BCUT2D eigenvalue weighted by Crippen LogP contribution is -2.46. The van der Waals surface area contributed by atoms with Crippen LogP contribution in [0.3, 0.4) is 0 Å². The number of benzene rings is 1. The molecule has 0 spiro atoms. The molecule has 1 saturated heterocycles. The number of hydrogen-bond acceptors (Lipinski definition) is 8. The second-order valence-corrected chi connectivity index (χ2v) is 9.69.